The zero-order chi connectivity index (χ0) is 32.0. The van der Waals surface area contributed by atoms with Crippen molar-refractivity contribution in [2.45, 2.75) is 165 Å². The number of para-hydroxylation sites is 1. The average Bonchev–Trinajstić information content (AvgIpc) is 3.01. The van der Waals surface area contributed by atoms with Gasteiger partial charge in [0.05, 0.1) is 52.4 Å². The van der Waals surface area contributed by atoms with Crippen LogP contribution in [0.1, 0.15) is 164 Å². The van der Waals surface area contributed by atoms with Crippen LogP contribution in [0.25, 0.3) is 0 Å². The molecule has 0 fully saturated rings. The molecule has 0 aliphatic carbocycles. The first-order chi connectivity index (χ1) is 20.3. The Balaban J connectivity index is -0.000000584. The highest BCUT2D eigenvalue weighted by Gasteiger charge is 2.25. The SMILES string of the molecule is CCCC[N+](CCCC)(CCCC)CCCC.CCCC[N+](CCCC)(CCCC)CCCC.Cc1ccccc1[O-].[F-]. The Morgan fingerprint density at radius 2 is 0.628 bits per heavy atom. The maximum atomic E-state index is 10.6. The molecule has 0 heterocycles. The lowest BCUT2D eigenvalue weighted by Gasteiger charge is -2.39. The van der Waals surface area contributed by atoms with Gasteiger partial charge >= 0.3 is 0 Å². The standard InChI is InChI=1S/2C16H36N.C7H8O.FH/c2*1-5-9-13-17(14-10-6-2,15-11-7-3)16-12-8-4;1-6-4-2-3-5-7(6)8;/h2*5-16H2,1-4H3;2-5,8H,1H3;1H/q2*+1;;/p-2. The molecule has 3 nitrogen and oxygen atoms in total. The van der Waals surface area contributed by atoms with Gasteiger partial charge < -0.3 is 18.8 Å². The van der Waals surface area contributed by atoms with Gasteiger partial charge in [-0.05, 0) is 58.3 Å². The zero-order valence-corrected chi connectivity index (χ0v) is 31.0. The molecule has 0 amide bonds. The van der Waals surface area contributed by atoms with Crippen LogP contribution in [0.5, 0.6) is 5.75 Å². The number of halogens is 1. The predicted molar refractivity (Wildman–Crippen MR) is 189 cm³/mol. The fraction of sp³-hybridized carbons (Fsp3) is 0.846. The van der Waals surface area contributed by atoms with Crippen LogP contribution in [0.4, 0.5) is 0 Å². The van der Waals surface area contributed by atoms with Gasteiger partial charge in [-0.2, -0.15) is 0 Å². The summed E-state index contributed by atoms with van der Waals surface area (Å²) in [5.41, 5.74) is 0.813. The van der Waals surface area contributed by atoms with Crippen molar-refractivity contribution >= 4 is 0 Å². The number of benzene rings is 1. The van der Waals surface area contributed by atoms with E-state index in [1.807, 2.05) is 19.1 Å². The monoisotopic (exact) mass is 611 g/mol. The fourth-order valence-corrected chi connectivity index (χ4v) is 5.85. The highest BCUT2D eigenvalue weighted by molar-refractivity contribution is 5.28. The van der Waals surface area contributed by atoms with Crippen molar-refractivity contribution in [2.75, 3.05) is 52.4 Å². The normalized spacial score (nSPS) is 11.2. The van der Waals surface area contributed by atoms with Crippen LogP contribution in [0.15, 0.2) is 24.3 Å². The van der Waals surface area contributed by atoms with E-state index in [2.05, 4.69) is 55.4 Å². The van der Waals surface area contributed by atoms with Crippen LogP contribution in [0.3, 0.4) is 0 Å². The highest BCUT2D eigenvalue weighted by Crippen LogP contribution is 2.17. The summed E-state index contributed by atoms with van der Waals surface area (Å²) in [6, 6.07) is 6.98. The molecule has 43 heavy (non-hydrogen) atoms. The minimum atomic E-state index is 0. The Hall–Kier alpha value is -1.13. The summed E-state index contributed by atoms with van der Waals surface area (Å²) in [4.78, 5) is 0. The smallest absolute Gasteiger partial charge is 0.0786 e. The highest BCUT2D eigenvalue weighted by atomic mass is 19.0. The molecule has 0 spiro atoms. The van der Waals surface area contributed by atoms with Crippen LogP contribution < -0.4 is 9.81 Å². The van der Waals surface area contributed by atoms with E-state index in [9.17, 15) is 5.11 Å². The van der Waals surface area contributed by atoms with Crippen molar-refractivity contribution in [3.05, 3.63) is 29.8 Å². The quantitative estimate of drug-likeness (QED) is 0.109. The molecule has 0 radical (unpaired) electrons. The molecule has 1 aromatic rings. The molecular weight excluding hydrogens is 531 g/mol. The van der Waals surface area contributed by atoms with Crippen molar-refractivity contribution in [3.63, 3.8) is 0 Å². The molecule has 0 aromatic heterocycles. The number of rotatable bonds is 24. The minimum Gasteiger partial charge on any atom is -1.00 e. The zero-order valence-electron chi connectivity index (χ0n) is 31.0. The first-order valence-corrected chi connectivity index (χ1v) is 18.7. The van der Waals surface area contributed by atoms with Crippen LogP contribution in [-0.2, 0) is 0 Å². The largest absolute Gasteiger partial charge is 1.00 e. The summed E-state index contributed by atoms with van der Waals surface area (Å²) in [7, 11) is 0. The lowest BCUT2D eigenvalue weighted by atomic mass is 10.1. The van der Waals surface area contributed by atoms with E-state index in [1.54, 1.807) is 12.1 Å². The summed E-state index contributed by atoms with van der Waals surface area (Å²) in [6.07, 6.45) is 22.1. The summed E-state index contributed by atoms with van der Waals surface area (Å²) in [6.45, 7) is 31.8. The number of unbranched alkanes of at least 4 members (excludes halogenated alkanes) is 8. The second-order valence-corrected chi connectivity index (χ2v) is 13.1. The van der Waals surface area contributed by atoms with Crippen molar-refractivity contribution in [1.29, 1.82) is 0 Å². The van der Waals surface area contributed by atoms with E-state index < -0.39 is 0 Å². The Labute approximate surface area is 271 Å². The van der Waals surface area contributed by atoms with Crippen LogP contribution in [0.2, 0.25) is 0 Å². The summed E-state index contributed by atoms with van der Waals surface area (Å²) < 4.78 is 2.84. The maximum Gasteiger partial charge on any atom is 0.0786 e. The van der Waals surface area contributed by atoms with Gasteiger partial charge in [0.25, 0.3) is 0 Å². The van der Waals surface area contributed by atoms with Crippen LogP contribution in [0, 0.1) is 6.92 Å². The minimum absolute atomic E-state index is 0. The number of quaternary nitrogens is 2. The van der Waals surface area contributed by atoms with Crippen molar-refractivity contribution < 1.29 is 18.8 Å². The third-order valence-electron chi connectivity index (χ3n) is 8.98. The van der Waals surface area contributed by atoms with E-state index >= 15 is 0 Å². The Morgan fingerprint density at radius 1 is 0.419 bits per heavy atom. The summed E-state index contributed by atoms with van der Waals surface area (Å²) in [5.74, 6) is 0.118. The van der Waals surface area contributed by atoms with Crippen LogP contribution in [-0.4, -0.2) is 61.3 Å². The third-order valence-corrected chi connectivity index (χ3v) is 8.98. The molecule has 1 rings (SSSR count). The molecule has 0 bridgehead atoms. The molecule has 0 aliphatic heterocycles. The van der Waals surface area contributed by atoms with Gasteiger partial charge in [0, 0.05) is 0 Å². The number of aryl methyl sites for hydroxylation is 1. The van der Waals surface area contributed by atoms with E-state index in [-0.39, 0.29) is 10.5 Å². The lowest BCUT2D eigenvalue weighted by Crippen LogP contribution is -3.00. The number of nitrogens with zero attached hydrogens (tertiary/aromatic N) is 2. The third kappa shape index (κ3) is 24.8. The molecule has 4 heteroatoms. The maximum absolute atomic E-state index is 10.6. The van der Waals surface area contributed by atoms with Gasteiger partial charge in [0.15, 0.2) is 0 Å². The first kappa shape index (κ1) is 46.3. The van der Waals surface area contributed by atoms with Gasteiger partial charge in [0.2, 0.25) is 0 Å². The number of hydrogen-bond donors (Lipinski definition) is 0. The first-order valence-electron chi connectivity index (χ1n) is 18.7. The summed E-state index contributed by atoms with van der Waals surface area (Å²) >= 11 is 0. The Kier molecular flexibility index (Phi) is 34.7. The molecule has 0 saturated carbocycles. The molecule has 258 valence electrons. The topological polar surface area (TPSA) is 23.1 Å². The second kappa shape index (κ2) is 32.3. The van der Waals surface area contributed by atoms with Crippen molar-refractivity contribution in [1.82, 2.24) is 0 Å². The molecule has 0 aliphatic rings. The van der Waals surface area contributed by atoms with E-state index in [4.69, 9.17) is 0 Å². The average molecular weight is 611 g/mol. The Bertz CT molecular complexity index is 549. The van der Waals surface area contributed by atoms with Gasteiger partial charge in [-0.25, -0.2) is 0 Å². The van der Waals surface area contributed by atoms with Crippen molar-refractivity contribution in [2.24, 2.45) is 0 Å². The molecule has 1 aromatic carbocycles. The van der Waals surface area contributed by atoms with Crippen molar-refractivity contribution in [3.8, 4) is 5.75 Å². The van der Waals surface area contributed by atoms with Crippen LogP contribution >= 0.6 is 0 Å². The molecule has 0 saturated heterocycles. The van der Waals surface area contributed by atoms with Gasteiger partial charge in [0.1, 0.15) is 0 Å². The molecule has 0 unspecified atom stereocenters. The summed E-state index contributed by atoms with van der Waals surface area (Å²) in [5, 5.41) is 10.6. The fourth-order valence-electron chi connectivity index (χ4n) is 5.85. The molecule has 0 atom stereocenters. The van der Waals surface area contributed by atoms with Gasteiger partial charge in [-0.1, -0.05) is 137 Å². The Morgan fingerprint density at radius 3 is 0.767 bits per heavy atom. The second-order valence-electron chi connectivity index (χ2n) is 13.1. The van der Waals surface area contributed by atoms with E-state index in [0.29, 0.717) is 0 Å². The lowest BCUT2D eigenvalue weighted by molar-refractivity contribution is -0.929. The van der Waals surface area contributed by atoms with Gasteiger partial charge in [-0.3, -0.25) is 0 Å². The number of hydrogen-bond acceptors (Lipinski definition) is 1. The molecular formula is C39H79FN2O. The van der Waals surface area contributed by atoms with E-state index in [1.165, 1.54) is 164 Å². The molecule has 0 N–H and O–H groups in total. The van der Waals surface area contributed by atoms with Gasteiger partial charge in [-0.15, -0.1) is 5.75 Å². The predicted octanol–water partition coefficient (Wildman–Crippen LogP) is 8.08. The van der Waals surface area contributed by atoms with E-state index in [0.717, 1.165) is 5.56 Å².